The number of hydrogen-bond donors (Lipinski definition) is 1. The second kappa shape index (κ2) is 10.7. The van der Waals surface area contributed by atoms with Gasteiger partial charge >= 0.3 is 5.97 Å². The lowest BCUT2D eigenvalue weighted by Gasteiger charge is -2.23. The molecule has 0 amide bonds. The van der Waals surface area contributed by atoms with Crippen LogP contribution in [-0.4, -0.2) is 63.7 Å². The van der Waals surface area contributed by atoms with Crippen LogP contribution in [0.4, 0.5) is 5.69 Å². The van der Waals surface area contributed by atoms with Crippen LogP contribution < -0.4 is 10.2 Å². The third-order valence-corrected chi connectivity index (χ3v) is 6.18. The third-order valence-electron chi connectivity index (χ3n) is 5.65. The van der Waals surface area contributed by atoms with E-state index in [1.54, 1.807) is 7.05 Å². The van der Waals surface area contributed by atoms with Gasteiger partial charge in [0.25, 0.3) is 0 Å². The molecule has 1 aromatic carbocycles. The Morgan fingerprint density at radius 1 is 1.29 bits per heavy atom. The summed E-state index contributed by atoms with van der Waals surface area (Å²) in [4.78, 5) is 21.0. The number of nitrogens with one attached hydrogen (secondary N) is 1. The predicted molar refractivity (Wildman–Crippen MR) is 127 cm³/mol. The van der Waals surface area contributed by atoms with Gasteiger partial charge in [-0.25, -0.2) is 0 Å². The second-order valence-corrected chi connectivity index (χ2v) is 8.43. The number of esters is 1. The normalized spacial score (nSPS) is 24.9. The van der Waals surface area contributed by atoms with Crippen LogP contribution in [0, 0.1) is 17.8 Å². The largest absolute Gasteiger partial charge is 0.469 e. The monoisotopic (exact) mass is 564 g/mol. The van der Waals surface area contributed by atoms with Crippen LogP contribution in [0.15, 0.2) is 33.7 Å². The Morgan fingerprint density at radius 2 is 2.00 bits per heavy atom. The first-order chi connectivity index (χ1) is 13.0. The molecule has 0 bridgehead atoms. The molecule has 0 aliphatic carbocycles. The Hall–Kier alpha value is -1.03. The first-order valence-electron chi connectivity index (χ1n) is 9.55. The smallest absolute Gasteiger partial charge is 0.310 e. The highest BCUT2D eigenvalue weighted by molar-refractivity contribution is 14.0. The van der Waals surface area contributed by atoms with E-state index in [2.05, 4.69) is 67.2 Å². The number of guanidine groups is 1. The first kappa shape index (κ1) is 23.3. The summed E-state index contributed by atoms with van der Waals surface area (Å²) >= 11 is 3.49. The molecule has 3 unspecified atom stereocenters. The van der Waals surface area contributed by atoms with E-state index in [4.69, 9.17) is 4.74 Å². The van der Waals surface area contributed by atoms with Crippen LogP contribution in [0.5, 0.6) is 0 Å². The van der Waals surface area contributed by atoms with E-state index in [9.17, 15) is 4.79 Å². The maximum atomic E-state index is 11.9. The van der Waals surface area contributed by atoms with Gasteiger partial charge in [0.05, 0.1) is 13.0 Å². The predicted octanol–water partition coefficient (Wildman–Crippen LogP) is 3.21. The number of methoxy groups -OCH3 is 1. The number of benzene rings is 1. The molecule has 2 fully saturated rings. The molecule has 1 N–H and O–H groups in total. The molecule has 2 aliphatic heterocycles. The molecule has 2 heterocycles. The van der Waals surface area contributed by atoms with Gasteiger partial charge in [0.15, 0.2) is 5.96 Å². The number of hydrogen-bond acceptors (Lipinski definition) is 4. The van der Waals surface area contributed by atoms with Crippen molar-refractivity contribution in [1.29, 1.82) is 0 Å². The highest BCUT2D eigenvalue weighted by Gasteiger charge is 2.37. The van der Waals surface area contributed by atoms with Gasteiger partial charge < -0.3 is 19.9 Å². The fraction of sp³-hybridized carbons (Fsp3) is 0.600. The quantitative estimate of drug-likeness (QED) is 0.263. The van der Waals surface area contributed by atoms with Crippen LogP contribution in [0.25, 0.3) is 0 Å². The molecule has 2 aliphatic rings. The van der Waals surface area contributed by atoms with E-state index in [0.717, 1.165) is 36.6 Å². The molecule has 0 spiro atoms. The minimum atomic E-state index is -0.124. The first-order valence-corrected chi connectivity index (χ1v) is 10.3. The molecule has 156 valence electrons. The highest BCUT2D eigenvalue weighted by Crippen LogP contribution is 2.26. The molecule has 28 heavy (non-hydrogen) atoms. The summed E-state index contributed by atoms with van der Waals surface area (Å²) < 4.78 is 6.04. The number of likely N-dealkylation sites (tertiary alicyclic amines) is 1. The van der Waals surface area contributed by atoms with Gasteiger partial charge in [0.1, 0.15) is 0 Å². The summed E-state index contributed by atoms with van der Waals surface area (Å²) in [5.74, 6) is 1.54. The summed E-state index contributed by atoms with van der Waals surface area (Å²) in [6, 6.07) is 8.51. The Labute approximate surface area is 193 Å². The highest BCUT2D eigenvalue weighted by atomic mass is 127. The average Bonchev–Trinajstić information content (AvgIpc) is 3.29. The van der Waals surface area contributed by atoms with E-state index < -0.39 is 0 Å². The fourth-order valence-corrected chi connectivity index (χ4v) is 4.32. The van der Waals surface area contributed by atoms with Crippen molar-refractivity contribution in [1.82, 2.24) is 10.2 Å². The summed E-state index contributed by atoms with van der Waals surface area (Å²) in [5.41, 5.74) is 1.28. The Kier molecular flexibility index (Phi) is 8.85. The zero-order valence-electron chi connectivity index (χ0n) is 16.7. The zero-order valence-corrected chi connectivity index (χ0v) is 20.6. The van der Waals surface area contributed by atoms with E-state index >= 15 is 0 Å². The number of carbonyl (C=O) groups is 1. The van der Waals surface area contributed by atoms with Crippen molar-refractivity contribution in [3.63, 3.8) is 0 Å². The van der Waals surface area contributed by atoms with Crippen LogP contribution in [0.1, 0.15) is 13.3 Å². The molecule has 8 heteroatoms. The topological polar surface area (TPSA) is 57.2 Å². The van der Waals surface area contributed by atoms with Crippen molar-refractivity contribution >= 4 is 57.5 Å². The number of aliphatic imine (C=N–C) groups is 1. The SMILES string of the molecule is CN=C(NCC1CCN(c2ccc(Br)cc2)C1)N1CC(C)C(C(=O)OC)C1.I. The van der Waals surface area contributed by atoms with E-state index in [-0.39, 0.29) is 41.8 Å². The average molecular weight is 565 g/mol. The van der Waals surface area contributed by atoms with Crippen LogP contribution in [0.2, 0.25) is 0 Å². The van der Waals surface area contributed by atoms with Gasteiger partial charge in [-0.15, -0.1) is 24.0 Å². The van der Waals surface area contributed by atoms with Crippen molar-refractivity contribution in [3.05, 3.63) is 28.7 Å². The van der Waals surface area contributed by atoms with Crippen molar-refractivity contribution in [3.8, 4) is 0 Å². The Balaban J connectivity index is 0.00000280. The minimum absolute atomic E-state index is 0. The number of rotatable bonds is 4. The summed E-state index contributed by atoms with van der Waals surface area (Å²) in [7, 11) is 3.27. The second-order valence-electron chi connectivity index (χ2n) is 7.52. The maximum Gasteiger partial charge on any atom is 0.310 e. The minimum Gasteiger partial charge on any atom is -0.469 e. The van der Waals surface area contributed by atoms with Crippen molar-refractivity contribution < 1.29 is 9.53 Å². The lowest BCUT2D eigenvalue weighted by atomic mass is 9.99. The van der Waals surface area contributed by atoms with Gasteiger partial charge in [-0.1, -0.05) is 22.9 Å². The molecule has 3 rings (SSSR count). The number of halogens is 2. The van der Waals surface area contributed by atoms with E-state index in [1.165, 1.54) is 19.2 Å². The van der Waals surface area contributed by atoms with Gasteiger partial charge in [-0.2, -0.15) is 0 Å². The van der Waals surface area contributed by atoms with E-state index in [0.29, 0.717) is 12.5 Å². The molecule has 0 aromatic heterocycles. The van der Waals surface area contributed by atoms with Crippen molar-refractivity contribution in [2.75, 3.05) is 51.8 Å². The standard InChI is InChI=1S/C20H29BrN4O2.HI/c1-14-11-25(13-18(14)19(26)27-3)20(22-2)23-10-15-8-9-24(12-15)17-6-4-16(21)5-7-17;/h4-7,14-15,18H,8-13H2,1-3H3,(H,22,23);1H. The number of ether oxygens (including phenoxy) is 1. The number of carbonyl (C=O) groups excluding carboxylic acids is 1. The summed E-state index contributed by atoms with van der Waals surface area (Å²) in [6.07, 6.45) is 1.17. The summed E-state index contributed by atoms with van der Waals surface area (Å²) in [5, 5.41) is 3.52. The molecule has 0 saturated carbocycles. The molecular formula is C20H30BrIN4O2. The summed E-state index contributed by atoms with van der Waals surface area (Å²) in [6.45, 7) is 6.62. The van der Waals surface area contributed by atoms with Crippen LogP contribution >= 0.6 is 39.9 Å². The third kappa shape index (κ3) is 5.52. The number of nitrogens with zero attached hydrogens (tertiary/aromatic N) is 3. The lowest BCUT2D eigenvalue weighted by Crippen LogP contribution is -2.42. The molecule has 0 radical (unpaired) electrons. The lowest BCUT2D eigenvalue weighted by molar-refractivity contribution is -0.145. The maximum absolute atomic E-state index is 11.9. The number of anilines is 1. The Morgan fingerprint density at radius 3 is 2.64 bits per heavy atom. The van der Waals surface area contributed by atoms with Gasteiger partial charge in [-0.3, -0.25) is 9.79 Å². The molecular weight excluding hydrogens is 535 g/mol. The van der Waals surface area contributed by atoms with Crippen LogP contribution in [0.3, 0.4) is 0 Å². The molecule has 2 saturated heterocycles. The fourth-order valence-electron chi connectivity index (χ4n) is 4.05. The van der Waals surface area contributed by atoms with Gasteiger partial charge in [-0.05, 0) is 42.5 Å². The van der Waals surface area contributed by atoms with Crippen molar-refractivity contribution in [2.45, 2.75) is 13.3 Å². The van der Waals surface area contributed by atoms with Gasteiger partial charge in [0, 0.05) is 49.9 Å². The van der Waals surface area contributed by atoms with Crippen LogP contribution in [-0.2, 0) is 9.53 Å². The molecule has 3 atom stereocenters. The van der Waals surface area contributed by atoms with E-state index in [1.807, 2.05) is 0 Å². The Bertz CT molecular complexity index is 685. The van der Waals surface area contributed by atoms with Gasteiger partial charge in [0.2, 0.25) is 0 Å². The zero-order chi connectivity index (χ0) is 19.4. The molecule has 6 nitrogen and oxygen atoms in total. The van der Waals surface area contributed by atoms with Crippen molar-refractivity contribution in [2.24, 2.45) is 22.7 Å². The molecule has 1 aromatic rings.